The highest BCUT2D eigenvalue weighted by Crippen LogP contribution is 2.14. The Balaban J connectivity index is 1.98. The third kappa shape index (κ3) is 6.30. The number of rotatable bonds is 5. The molecular formula is C10H19F3N2O. The van der Waals surface area contributed by atoms with Crippen LogP contribution in [0.15, 0.2) is 0 Å². The predicted octanol–water partition coefficient (Wildman–Crippen LogP) is 1.25. The second kappa shape index (κ2) is 6.42. The van der Waals surface area contributed by atoms with Crippen molar-refractivity contribution in [1.82, 2.24) is 10.2 Å². The maximum Gasteiger partial charge on any atom is 0.411 e. The first kappa shape index (κ1) is 13.7. The Kier molecular flexibility index (Phi) is 5.51. The third-order valence-electron chi connectivity index (χ3n) is 2.48. The van der Waals surface area contributed by atoms with Gasteiger partial charge in [-0.05, 0) is 13.3 Å². The van der Waals surface area contributed by atoms with Crippen molar-refractivity contribution in [2.45, 2.75) is 25.6 Å². The Morgan fingerprint density at radius 2 is 2.19 bits per heavy atom. The minimum absolute atomic E-state index is 0.178. The van der Waals surface area contributed by atoms with Crippen molar-refractivity contribution < 1.29 is 17.9 Å². The fraction of sp³-hybridized carbons (Fsp3) is 1.00. The molecule has 0 unspecified atom stereocenters. The van der Waals surface area contributed by atoms with E-state index in [1.165, 1.54) is 0 Å². The van der Waals surface area contributed by atoms with Crippen LogP contribution in [0.2, 0.25) is 0 Å². The second-order valence-corrected chi connectivity index (χ2v) is 4.18. The van der Waals surface area contributed by atoms with Crippen LogP contribution >= 0.6 is 0 Å². The van der Waals surface area contributed by atoms with Gasteiger partial charge in [0.05, 0.1) is 0 Å². The molecule has 0 saturated carbocycles. The third-order valence-corrected chi connectivity index (χ3v) is 2.48. The van der Waals surface area contributed by atoms with E-state index < -0.39 is 12.8 Å². The molecule has 1 heterocycles. The number of hydrogen-bond acceptors (Lipinski definition) is 3. The first-order chi connectivity index (χ1) is 7.47. The lowest BCUT2D eigenvalue weighted by Crippen LogP contribution is -2.49. The van der Waals surface area contributed by atoms with Gasteiger partial charge >= 0.3 is 6.18 Å². The highest BCUT2D eigenvalue weighted by molar-refractivity contribution is 4.74. The molecule has 6 heteroatoms. The summed E-state index contributed by atoms with van der Waals surface area (Å²) >= 11 is 0. The molecule has 1 atom stereocenters. The van der Waals surface area contributed by atoms with Crippen molar-refractivity contribution in [2.75, 3.05) is 39.4 Å². The number of ether oxygens (including phenoxy) is 1. The quantitative estimate of drug-likeness (QED) is 0.732. The fourth-order valence-corrected chi connectivity index (χ4v) is 1.79. The Labute approximate surface area is 93.9 Å². The van der Waals surface area contributed by atoms with Crippen molar-refractivity contribution in [3.8, 4) is 0 Å². The summed E-state index contributed by atoms with van der Waals surface area (Å²) in [5.74, 6) is 0. The molecule has 3 nitrogen and oxygen atoms in total. The van der Waals surface area contributed by atoms with Gasteiger partial charge in [0.25, 0.3) is 0 Å². The van der Waals surface area contributed by atoms with Crippen molar-refractivity contribution >= 4 is 0 Å². The van der Waals surface area contributed by atoms with E-state index in [-0.39, 0.29) is 6.61 Å². The standard InChI is InChI=1S/C10H19F3N2O/c1-9-7-15(5-3-14-9)4-2-6-16-8-10(11,12)13/h9,14H,2-8H2,1H3/t9-/m1/s1. The van der Waals surface area contributed by atoms with E-state index in [2.05, 4.69) is 21.9 Å². The van der Waals surface area contributed by atoms with Crippen LogP contribution < -0.4 is 5.32 Å². The van der Waals surface area contributed by atoms with Crippen LogP contribution in [0.1, 0.15) is 13.3 Å². The van der Waals surface area contributed by atoms with Gasteiger partial charge in [-0.3, -0.25) is 0 Å². The van der Waals surface area contributed by atoms with E-state index in [0.29, 0.717) is 12.5 Å². The monoisotopic (exact) mass is 240 g/mol. The molecule has 1 aliphatic rings. The number of halogens is 3. The summed E-state index contributed by atoms with van der Waals surface area (Å²) in [5.41, 5.74) is 0. The molecule has 0 aliphatic carbocycles. The summed E-state index contributed by atoms with van der Waals surface area (Å²) in [4.78, 5) is 2.25. The molecule has 96 valence electrons. The zero-order chi connectivity index (χ0) is 12.0. The van der Waals surface area contributed by atoms with Gasteiger partial charge in [-0.1, -0.05) is 0 Å². The SMILES string of the molecule is C[C@@H]1CN(CCCOCC(F)(F)F)CCN1. The predicted molar refractivity (Wildman–Crippen MR) is 55.4 cm³/mol. The van der Waals surface area contributed by atoms with Crippen LogP contribution in [0, 0.1) is 0 Å². The average molecular weight is 240 g/mol. The van der Waals surface area contributed by atoms with E-state index in [0.717, 1.165) is 26.2 Å². The molecule has 0 amide bonds. The van der Waals surface area contributed by atoms with E-state index in [9.17, 15) is 13.2 Å². The van der Waals surface area contributed by atoms with E-state index >= 15 is 0 Å². The summed E-state index contributed by atoms with van der Waals surface area (Å²) in [5, 5.41) is 3.31. The van der Waals surface area contributed by atoms with Crippen LogP contribution in [-0.4, -0.2) is 56.5 Å². The van der Waals surface area contributed by atoms with Crippen molar-refractivity contribution in [3.05, 3.63) is 0 Å². The van der Waals surface area contributed by atoms with Crippen molar-refractivity contribution in [2.24, 2.45) is 0 Å². The molecule has 0 spiro atoms. The first-order valence-corrected chi connectivity index (χ1v) is 5.57. The lowest BCUT2D eigenvalue weighted by molar-refractivity contribution is -0.174. The maximum atomic E-state index is 11.7. The van der Waals surface area contributed by atoms with Crippen molar-refractivity contribution in [3.63, 3.8) is 0 Å². The molecular weight excluding hydrogens is 221 g/mol. The number of piperazine rings is 1. The van der Waals surface area contributed by atoms with Crippen molar-refractivity contribution in [1.29, 1.82) is 0 Å². The van der Waals surface area contributed by atoms with Crippen LogP contribution in [0.3, 0.4) is 0 Å². The Bertz CT molecular complexity index is 199. The zero-order valence-electron chi connectivity index (χ0n) is 9.52. The van der Waals surface area contributed by atoms with E-state index in [4.69, 9.17) is 0 Å². The molecule has 1 rings (SSSR count). The molecule has 1 saturated heterocycles. The number of nitrogens with zero attached hydrogens (tertiary/aromatic N) is 1. The first-order valence-electron chi connectivity index (χ1n) is 5.57. The van der Waals surface area contributed by atoms with Crippen LogP contribution in [0.4, 0.5) is 13.2 Å². The van der Waals surface area contributed by atoms with E-state index in [1.54, 1.807) is 0 Å². The lowest BCUT2D eigenvalue weighted by atomic mass is 10.2. The molecule has 0 bridgehead atoms. The highest BCUT2D eigenvalue weighted by atomic mass is 19.4. The molecule has 1 aliphatic heterocycles. The average Bonchev–Trinajstić information content (AvgIpc) is 2.15. The lowest BCUT2D eigenvalue weighted by Gasteiger charge is -2.31. The summed E-state index contributed by atoms with van der Waals surface area (Å²) in [6.07, 6.45) is -3.55. The summed E-state index contributed by atoms with van der Waals surface area (Å²) < 4.78 is 39.8. The van der Waals surface area contributed by atoms with Gasteiger partial charge in [-0.15, -0.1) is 0 Å². The Morgan fingerprint density at radius 1 is 1.44 bits per heavy atom. The summed E-state index contributed by atoms with van der Waals surface area (Å²) in [6.45, 7) is 4.83. The fourth-order valence-electron chi connectivity index (χ4n) is 1.79. The van der Waals surface area contributed by atoms with Gasteiger partial charge in [-0.2, -0.15) is 13.2 Å². The summed E-state index contributed by atoms with van der Waals surface area (Å²) in [7, 11) is 0. The summed E-state index contributed by atoms with van der Waals surface area (Å²) in [6, 6.07) is 0.463. The molecule has 16 heavy (non-hydrogen) atoms. The van der Waals surface area contributed by atoms with Gasteiger partial charge in [0.1, 0.15) is 6.61 Å². The normalized spacial score (nSPS) is 23.6. The Hall–Kier alpha value is -0.330. The minimum Gasteiger partial charge on any atom is -0.372 e. The van der Waals surface area contributed by atoms with Gasteiger partial charge in [-0.25, -0.2) is 0 Å². The van der Waals surface area contributed by atoms with Gasteiger partial charge < -0.3 is 15.0 Å². The van der Waals surface area contributed by atoms with Crippen LogP contribution in [0.25, 0.3) is 0 Å². The molecule has 1 fully saturated rings. The Morgan fingerprint density at radius 3 is 2.81 bits per heavy atom. The van der Waals surface area contributed by atoms with Gasteiger partial charge in [0, 0.05) is 38.8 Å². The maximum absolute atomic E-state index is 11.7. The highest BCUT2D eigenvalue weighted by Gasteiger charge is 2.27. The number of nitrogens with one attached hydrogen (secondary N) is 1. The second-order valence-electron chi connectivity index (χ2n) is 4.18. The largest absolute Gasteiger partial charge is 0.411 e. The molecule has 0 radical (unpaired) electrons. The molecule has 0 aromatic carbocycles. The number of hydrogen-bond donors (Lipinski definition) is 1. The molecule has 0 aromatic heterocycles. The zero-order valence-corrected chi connectivity index (χ0v) is 9.52. The molecule has 1 N–H and O–H groups in total. The van der Waals surface area contributed by atoms with Gasteiger partial charge in [0.15, 0.2) is 0 Å². The molecule has 0 aromatic rings. The van der Waals surface area contributed by atoms with E-state index in [1.807, 2.05) is 0 Å². The smallest absolute Gasteiger partial charge is 0.372 e. The van der Waals surface area contributed by atoms with Gasteiger partial charge in [0.2, 0.25) is 0 Å². The van der Waals surface area contributed by atoms with Crippen LogP contribution in [0.5, 0.6) is 0 Å². The number of alkyl halides is 3. The minimum atomic E-state index is -4.20. The topological polar surface area (TPSA) is 24.5 Å². The van der Waals surface area contributed by atoms with Crippen LogP contribution in [-0.2, 0) is 4.74 Å².